The normalized spacial score (nSPS) is 17.8. The highest BCUT2D eigenvalue weighted by atomic mass is 32.2. The molecule has 29 heavy (non-hydrogen) atoms. The van der Waals surface area contributed by atoms with Gasteiger partial charge in [0.15, 0.2) is 0 Å². The van der Waals surface area contributed by atoms with Gasteiger partial charge in [-0.05, 0) is 26.2 Å². The fraction of sp³-hybridized carbons (Fsp3) is 0.667. The van der Waals surface area contributed by atoms with Crippen LogP contribution in [0.4, 0.5) is 5.82 Å². The number of nitrogens with one attached hydrogen (secondary N) is 1. The largest absolute Gasteiger partial charge is 0.476 e. The first-order chi connectivity index (χ1) is 13.8. The van der Waals surface area contributed by atoms with Gasteiger partial charge in [-0.1, -0.05) is 0 Å². The van der Waals surface area contributed by atoms with E-state index in [1.165, 1.54) is 0 Å². The van der Waals surface area contributed by atoms with E-state index in [2.05, 4.69) is 19.6 Å². The Balaban J connectivity index is 1.44. The number of nitrogens with zero attached hydrogens (tertiary/aromatic N) is 4. The van der Waals surface area contributed by atoms with Gasteiger partial charge < -0.3 is 9.64 Å². The zero-order valence-corrected chi connectivity index (χ0v) is 17.4. The van der Waals surface area contributed by atoms with Gasteiger partial charge in [0.25, 0.3) is 0 Å². The summed E-state index contributed by atoms with van der Waals surface area (Å²) < 4.78 is 32.3. The molecule has 2 saturated heterocycles. The minimum Gasteiger partial charge on any atom is -0.476 e. The van der Waals surface area contributed by atoms with E-state index in [9.17, 15) is 18.0 Å². The number of imide groups is 1. The number of ether oxygens (including phenoxy) is 1. The van der Waals surface area contributed by atoms with Gasteiger partial charge in [0, 0.05) is 45.1 Å². The Morgan fingerprint density at radius 1 is 1.10 bits per heavy atom. The third kappa shape index (κ3) is 6.10. The number of rotatable bonds is 9. The standard InChI is InChI=1S/C18H27N5O5S/c1-14-20-15(22-8-2-3-9-22)13-16(21-14)28-11-7-19-29(26,27)12-10-23-17(24)5-4-6-18(23)25/h13,19H,2-12H2,1H3. The van der Waals surface area contributed by atoms with Gasteiger partial charge in [0.1, 0.15) is 18.2 Å². The van der Waals surface area contributed by atoms with Crippen molar-refractivity contribution in [1.29, 1.82) is 0 Å². The third-order valence-electron chi connectivity index (χ3n) is 4.87. The predicted molar refractivity (Wildman–Crippen MR) is 106 cm³/mol. The average molecular weight is 426 g/mol. The van der Waals surface area contributed by atoms with E-state index in [1.54, 1.807) is 13.0 Å². The second-order valence-corrected chi connectivity index (χ2v) is 9.09. The number of carbonyl (C=O) groups excluding carboxylic acids is 2. The number of carbonyl (C=O) groups is 2. The number of anilines is 1. The van der Waals surface area contributed by atoms with Crippen molar-refractivity contribution >= 4 is 27.7 Å². The van der Waals surface area contributed by atoms with Crippen molar-refractivity contribution in [2.45, 2.75) is 39.0 Å². The third-order valence-corrected chi connectivity index (χ3v) is 6.24. The first-order valence-corrected chi connectivity index (χ1v) is 11.5. The van der Waals surface area contributed by atoms with Gasteiger partial charge in [0.2, 0.25) is 27.7 Å². The molecule has 2 amide bonds. The van der Waals surface area contributed by atoms with Crippen molar-refractivity contribution in [2.75, 3.05) is 43.4 Å². The minimum absolute atomic E-state index is 0.0618. The van der Waals surface area contributed by atoms with Crippen molar-refractivity contribution in [1.82, 2.24) is 19.6 Å². The monoisotopic (exact) mass is 425 g/mol. The molecule has 1 aromatic heterocycles. The van der Waals surface area contributed by atoms with Crippen molar-refractivity contribution in [2.24, 2.45) is 0 Å². The number of piperidine rings is 1. The lowest BCUT2D eigenvalue weighted by Crippen LogP contribution is -2.44. The van der Waals surface area contributed by atoms with Crippen LogP contribution in [0, 0.1) is 6.92 Å². The van der Waals surface area contributed by atoms with Crippen LogP contribution in [0.15, 0.2) is 6.07 Å². The van der Waals surface area contributed by atoms with Crippen LogP contribution in [-0.2, 0) is 19.6 Å². The number of aryl methyl sites for hydroxylation is 1. The Bertz CT molecular complexity index is 838. The molecule has 0 saturated carbocycles. The highest BCUT2D eigenvalue weighted by Gasteiger charge is 2.27. The summed E-state index contributed by atoms with van der Waals surface area (Å²) >= 11 is 0. The van der Waals surface area contributed by atoms with Crippen LogP contribution in [-0.4, -0.2) is 73.6 Å². The van der Waals surface area contributed by atoms with Crippen LogP contribution in [0.25, 0.3) is 0 Å². The number of hydrogen-bond acceptors (Lipinski definition) is 8. The van der Waals surface area contributed by atoms with E-state index >= 15 is 0 Å². The number of sulfonamides is 1. The summed E-state index contributed by atoms with van der Waals surface area (Å²) in [4.78, 5) is 35.4. The SMILES string of the molecule is Cc1nc(OCCNS(=O)(=O)CCN2C(=O)CCCC2=O)cc(N2CCCC2)n1. The number of aromatic nitrogens is 2. The van der Waals surface area contributed by atoms with Gasteiger partial charge in [-0.25, -0.2) is 18.1 Å². The topological polar surface area (TPSA) is 122 Å². The van der Waals surface area contributed by atoms with Gasteiger partial charge in [-0.2, -0.15) is 4.98 Å². The maximum atomic E-state index is 12.1. The summed E-state index contributed by atoms with van der Waals surface area (Å²) in [7, 11) is -3.63. The Kier molecular flexibility index (Phi) is 7.01. The van der Waals surface area contributed by atoms with Gasteiger partial charge in [-0.3, -0.25) is 14.5 Å². The molecule has 2 aliphatic rings. The highest BCUT2D eigenvalue weighted by molar-refractivity contribution is 7.89. The number of amides is 2. The first kappa shape index (κ1) is 21.4. The molecule has 0 spiro atoms. The number of hydrogen-bond donors (Lipinski definition) is 1. The van der Waals surface area contributed by atoms with E-state index in [0.717, 1.165) is 36.6 Å². The molecule has 3 heterocycles. The molecule has 11 heteroatoms. The molecule has 10 nitrogen and oxygen atoms in total. The van der Waals surface area contributed by atoms with E-state index in [0.29, 0.717) is 18.1 Å². The fourth-order valence-corrected chi connectivity index (χ4v) is 4.35. The minimum atomic E-state index is -3.63. The molecule has 0 aromatic carbocycles. The molecular weight excluding hydrogens is 398 g/mol. The molecule has 0 atom stereocenters. The van der Waals surface area contributed by atoms with Crippen LogP contribution >= 0.6 is 0 Å². The zero-order chi connectivity index (χ0) is 20.9. The van der Waals surface area contributed by atoms with Crippen molar-refractivity contribution in [3.05, 3.63) is 11.9 Å². The Morgan fingerprint density at radius 2 is 1.79 bits per heavy atom. The quantitative estimate of drug-likeness (QED) is 0.441. The summed E-state index contributed by atoms with van der Waals surface area (Å²) in [6.07, 6.45) is 3.36. The molecular formula is C18H27N5O5S. The molecule has 2 aliphatic heterocycles. The Morgan fingerprint density at radius 3 is 2.48 bits per heavy atom. The molecule has 0 radical (unpaired) electrons. The molecule has 1 aromatic rings. The lowest BCUT2D eigenvalue weighted by molar-refractivity contribution is -0.147. The first-order valence-electron chi connectivity index (χ1n) is 9.88. The van der Waals surface area contributed by atoms with E-state index in [-0.39, 0.29) is 50.1 Å². The second kappa shape index (κ2) is 9.49. The predicted octanol–water partition coefficient (Wildman–Crippen LogP) is 0.223. The summed E-state index contributed by atoms with van der Waals surface area (Å²) in [6.45, 7) is 3.74. The lowest BCUT2D eigenvalue weighted by atomic mass is 10.1. The molecule has 0 aliphatic carbocycles. The van der Waals surface area contributed by atoms with Crippen LogP contribution in [0.5, 0.6) is 5.88 Å². The molecule has 160 valence electrons. The fourth-order valence-electron chi connectivity index (χ4n) is 3.39. The highest BCUT2D eigenvalue weighted by Crippen LogP contribution is 2.21. The second-order valence-electron chi connectivity index (χ2n) is 7.16. The van der Waals surface area contributed by atoms with Crippen molar-refractivity contribution in [3.8, 4) is 5.88 Å². The van der Waals surface area contributed by atoms with Crippen LogP contribution in [0.2, 0.25) is 0 Å². The maximum absolute atomic E-state index is 12.1. The Labute approximate surface area is 170 Å². The van der Waals surface area contributed by atoms with Crippen LogP contribution in [0.3, 0.4) is 0 Å². The lowest BCUT2D eigenvalue weighted by Gasteiger charge is -2.24. The Hall–Kier alpha value is -2.27. The van der Waals surface area contributed by atoms with Crippen LogP contribution in [0.1, 0.15) is 37.9 Å². The smallest absolute Gasteiger partial charge is 0.229 e. The van der Waals surface area contributed by atoms with Gasteiger partial charge >= 0.3 is 0 Å². The van der Waals surface area contributed by atoms with E-state index < -0.39 is 10.0 Å². The summed E-state index contributed by atoms with van der Waals surface area (Å²) in [5.74, 6) is 0.877. The van der Waals surface area contributed by atoms with Gasteiger partial charge in [-0.15, -0.1) is 0 Å². The van der Waals surface area contributed by atoms with E-state index in [1.807, 2.05) is 0 Å². The average Bonchev–Trinajstić information content (AvgIpc) is 3.19. The van der Waals surface area contributed by atoms with Crippen molar-refractivity contribution in [3.63, 3.8) is 0 Å². The molecule has 0 bridgehead atoms. The summed E-state index contributed by atoms with van der Waals surface area (Å²) in [6, 6.07) is 1.76. The molecule has 2 fully saturated rings. The summed E-state index contributed by atoms with van der Waals surface area (Å²) in [5, 5.41) is 0. The molecule has 1 N–H and O–H groups in total. The maximum Gasteiger partial charge on any atom is 0.229 e. The number of likely N-dealkylation sites (tertiary alicyclic amines) is 1. The van der Waals surface area contributed by atoms with Crippen molar-refractivity contribution < 1.29 is 22.7 Å². The van der Waals surface area contributed by atoms with Crippen LogP contribution < -0.4 is 14.4 Å². The van der Waals surface area contributed by atoms with E-state index in [4.69, 9.17) is 4.74 Å². The molecule has 0 unspecified atom stereocenters. The molecule has 3 rings (SSSR count). The zero-order valence-electron chi connectivity index (χ0n) is 16.6. The van der Waals surface area contributed by atoms with Gasteiger partial charge in [0.05, 0.1) is 5.75 Å². The summed E-state index contributed by atoms with van der Waals surface area (Å²) in [5.41, 5.74) is 0.